The predicted molar refractivity (Wildman–Crippen MR) is 160 cm³/mol. The molecule has 4 rings (SSSR count). The first-order valence-corrected chi connectivity index (χ1v) is 14.8. The van der Waals surface area contributed by atoms with Crippen molar-refractivity contribution in [3.05, 3.63) is 88.4 Å². The Labute approximate surface area is 239 Å². The molecule has 0 radical (unpaired) electrons. The van der Waals surface area contributed by atoms with E-state index in [9.17, 15) is 18.0 Å². The number of carbonyl (C=O) groups excluding carboxylic acids is 1. The van der Waals surface area contributed by atoms with Crippen LogP contribution in [0.2, 0.25) is 5.02 Å². The predicted octanol–water partition coefficient (Wildman–Crippen LogP) is 4.62. The number of benzene rings is 3. The van der Waals surface area contributed by atoms with Gasteiger partial charge in [0.2, 0.25) is 10.0 Å². The fraction of sp³-hybridized carbons (Fsp3) is 0.241. The number of amides is 1. The lowest BCUT2D eigenvalue weighted by Gasteiger charge is -2.24. The zero-order chi connectivity index (χ0) is 29.0. The van der Waals surface area contributed by atoms with Crippen LogP contribution in [0.15, 0.2) is 66.7 Å². The number of hydrogen-bond acceptors (Lipinski definition) is 6. The van der Waals surface area contributed by atoms with Gasteiger partial charge in [0.05, 0.1) is 28.9 Å². The molecule has 1 aliphatic heterocycles. The minimum absolute atomic E-state index is 0.0213. The van der Waals surface area contributed by atoms with E-state index >= 15 is 0 Å². The van der Waals surface area contributed by atoms with Gasteiger partial charge in [-0.1, -0.05) is 41.9 Å². The van der Waals surface area contributed by atoms with Crippen LogP contribution in [-0.2, 0) is 26.0 Å². The van der Waals surface area contributed by atoms with Crippen molar-refractivity contribution < 1.29 is 23.1 Å². The van der Waals surface area contributed by atoms with E-state index in [1.807, 2.05) is 43.3 Å². The van der Waals surface area contributed by atoms with Gasteiger partial charge in [-0.25, -0.2) is 8.42 Å². The number of anilines is 3. The van der Waals surface area contributed by atoms with Crippen LogP contribution in [0.25, 0.3) is 11.3 Å². The summed E-state index contributed by atoms with van der Waals surface area (Å²) in [6.45, 7) is 0.867. The van der Waals surface area contributed by atoms with Crippen molar-refractivity contribution in [3.63, 3.8) is 0 Å². The monoisotopic (exact) mass is 582 g/mol. The number of sulfonamides is 1. The van der Waals surface area contributed by atoms with E-state index in [4.69, 9.17) is 16.7 Å². The summed E-state index contributed by atoms with van der Waals surface area (Å²) in [6, 6.07) is 19.5. The number of carboxylic acids is 1. The van der Waals surface area contributed by atoms with Gasteiger partial charge in [0, 0.05) is 35.8 Å². The number of halogens is 1. The van der Waals surface area contributed by atoms with Gasteiger partial charge in [-0.3, -0.25) is 13.9 Å². The number of likely N-dealkylation sites (N-methyl/N-ethyl adjacent to an activating group) is 1. The molecular formula is C29H31ClN4O5S. The second-order valence-electron chi connectivity index (χ2n) is 9.79. The molecule has 0 atom stereocenters. The number of rotatable bonds is 11. The molecular weight excluding hydrogens is 552 g/mol. The highest BCUT2D eigenvalue weighted by atomic mass is 35.5. The molecule has 0 unspecified atom stereocenters. The lowest BCUT2D eigenvalue weighted by atomic mass is 9.98. The molecule has 210 valence electrons. The third-order valence-electron chi connectivity index (χ3n) is 6.42. The Balaban J connectivity index is 1.72. The van der Waals surface area contributed by atoms with Crippen molar-refractivity contribution in [2.45, 2.75) is 12.8 Å². The number of hydrogen-bond donors (Lipinski definition) is 3. The highest BCUT2D eigenvalue weighted by Gasteiger charge is 2.29. The Morgan fingerprint density at radius 3 is 2.27 bits per heavy atom. The smallest absolute Gasteiger partial charge is 0.303 e. The van der Waals surface area contributed by atoms with Gasteiger partial charge in [-0.2, -0.15) is 0 Å². The van der Waals surface area contributed by atoms with Gasteiger partial charge in [-0.15, -0.1) is 0 Å². The molecule has 1 heterocycles. The van der Waals surface area contributed by atoms with Gasteiger partial charge in [-0.05, 0) is 68.0 Å². The molecule has 0 saturated heterocycles. The molecule has 0 fully saturated rings. The number of carboxylic acid groups (broad SMARTS) is 1. The molecule has 1 aliphatic rings. The number of carbonyl (C=O) groups is 2. The van der Waals surface area contributed by atoms with Crippen LogP contribution in [0.4, 0.5) is 17.1 Å². The first kappa shape index (κ1) is 29.1. The summed E-state index contributed by atoms with van der Waals surface area (Å²) < 4.78 is 26.3. The van der Waals surface area contributed by atoms with E-state index in [0.29, 0.717) is 58.4 Å². The van der Waals surface area contributed by atoms with E-state index < -0.39 is 16.0 Å². The third-order valence-corrected chi connectivity index (χ3v) is 7.85. The fourth-order valence-electron chi connectivity index (χ4n) is 4.39. The average molecular weight is 583 g/mol. The van der Waals surface area contributed by atoms with Crippen LogP contribution in [-0.4, -0.2) is 63.7 Å². The Bertz CT molecular complexity index is 1550. The van der Waals surface area contributed by atoms with Crippen LogP contribution in [0, 0.1) is 0 Å². The first-order valence-electron chi connectivity index (χ1n) is 12.6. The van der Waals surface area contributed by atoms with Crippen molar-refractivity contribution in [3.8, 4) is 0 Å². The zero-order valence-corrected chi connectivity index (χ0v) is 24.0. The summed E-state index contributed by atoms with van der Waals surface area (Å²) in [7, 11) is 0.275. The maximum Gasteiger partial charge on any atom is 0.303 e. The normalized spacial score (nSPS) is 14.1. The maximum absolute atomic E-state index is 13.2. The number of aryl methyl sites for hydroxylation is 1. The van der Waals surface area contributed by atoms with Gasteiger partial charge in [0.25, 0.3) is 5.91 Å². The molecule has 9 nitrogen and oxygen atoms in total. The third kappa shape index (κ3) is 7.01. The van der Waals surface area contributed by atoms with Crippen molar-refractivity contribution in [1.82, 2.24) is 4.90 Å². The SMILES string of the molecule is CN(C)CCN(c1ccc(NC(=C2C(=O)Nc3cc(Cl)ccc32)c2ccc(CCC(=O)O)cc2)cc1)S(C)(=O)=O. The molecule has 0 bridgehead atoms. The fourth-order valence-corrected chi connectivity index (χ4v) is 5.48. The van der Waals surface area contributed by atoms with Crippen LogP contribution in [0.1, 0.15) is 23.1 Å². The molecule has 3 aromatic carbocycles. The first-order chi connectivity index (χ1) is 18.9. The van der Waals surface area contributed by atoms with E-state index in [2.05, 4.69) is 10.6 Å². The minimum atomic E-state index is -3.49. The molecule has 1 amide bonds. The van der Waals surface area contributed by atoms with Crippen LogP contribution >= 0.6 is 11.6 Å². The van der Waals surface area contributed by atoms with E-state index in [-0.39, 0.29) is 12.3 Å². The summed E-state index contributed by atoms with van der Waals surface area (Å²) in [5.41, 5.74) is 5.03. The second kappa shape index (κ2) is 12.1. The molecule has 11 heteroatoms. The molecule has 40 heavy (non-hydrogen) atoms. The van der Waals surface area contributed by atoms with E-state index in [1.165, 1.54) is 10.6 Å². The molecule has 0 saturated carbocycles. The largest absolute Gasteiger partial charge is 0.481 e. The Morgan fingerprint density at radius 1 is 1.00 bits per heavy atom. The Kier molecular flexibility index (Phi) is 8.82. The van der Waals surface area contributed by atoms with Crippen molar-refractivity contribution >= 4 is 61.8 Å². The highest BCUT2D eigenvalue weighted by molar-refractivity contribution is 7.92. The summed E-state index contributed by atoms with van der Waals surface area (Å²) >= 11 is 6.15. The second-order valence-corrected chi connectivity index (χ2v) is 12.1. The van der Waals surface area contributed by atoms with Crippen molar-refractivity contribution in [2.24, 2.45) is 0 Å². The van der Waals surface area contributed by atoms with Gasteiger partial charge in [0.15, 0.2) is 0 Å². The van der Waals surface area contributed by atoms with Crippen LogP contribution < -0.4 is 14.9 Å². The van der Waals surface area contributed by atoms with Gasteiger partial charge < -0.3 is 20.6 Å². The number of nitrogens with zero attached hydrogens (tertiary/aromatic N) is 2. The zero-order valence-electron chi connectivity index (χ0n) is 22.4. The van der Waals surface area contributed by atoms with E-state index in [1.54, 1.807) is 42.5 Å². The lowest BCUT2D eigenvalue weighted by molar-refractivity contribution is -0.137. The Hall–Kier alpha value is -3.86. The minimum Gasteiger partial charge on any atom is -0.481 e. The number of fused-ring (bicyclic) bond motifs is 1. The summed E-state index contributed by atoms with van der Waals surface area (Å²) in [5.74, 6) is -1.16. The molecule has 0 spiro atoms. The topological polar surface area (TPSA) is 119 Å². The van der Waals surface area contributed by atoms with Gasteiger partial charge in [0.1, 0.15) is 0 Å². The maximum atomic E-state index is 13.2. The Morgan fingerprint density at radius 2 is 1.68 bits per heavy atom. The molecule has 0 aliphatic carbocycles. The lowest BCUT2D eigenvalue weighted by Crippen LogP contribution is -2.35. The van der Waals surface area contributed by atoms with E-state index in [0.717, 1.165) is 11.1 Å². The standard InChI is InChI=1S/C29H31ClN4O5S/c1-33(2)16-17-34(40(3,38)39)23-12-10-22(11-13-23)31-28(20-7-4-19(5-8-20)6-15-26(35)36)27-24-14-9-21(30)18-25(24)32-29(27)37/h4-5,7-14,18,31H,6,15-17H2,1-3H3,(H,32,37)(H,35,36). The summed E-state index contributed by atoms with van der Waals surface area (Å²) in [6.07, 6.45) is 1.59. The molecule has 0 aromatic heterocycles. The molecule has 3 N–H and O–H groups in total. The summed E-state index contributed by atoms with van der Waals surface area (Å²) in [5, 5.41) is 15.7. The van der Waals surface area contributed by atoms with Crippen LogP contribution in [0.5, 0.6) is 0 Å². The summed E-state index contributed by atoms with van der Waals surface area (Å²) in [4.78, 5) is 26.1. The van der Waals surface area contributed by atoms with Crippen molar-refractivity contribution in [2.75, 3.05) is 48.4 Å². The highest BCUT2D eigenvalue weighted by Crippen LogP contribution is 2.39. The quantitative estimate of drug-likeness (QED) is 0.282. The van der Waals surface area contributed by atoms with Gasteiger partial charge >= 0.3 is 5.97 Å². The van der Waals surface area contributed by atoms with Crippen LogP contribution in [0.3, 0.4) is 0 Å². The van der Waals surface area contributed by atoms with Crippen molar-refractivity contribution in [1.29, 1.82) is 0 Å². The average Bonchev–Trinajstić information content (AvgIpc) is 3.20. The molecule has 3 aromatic rings. The number of nitrogens with one attached hydrogen (secondary N) is 2. The number of aliphatic carboxylic acids is 1.